The molecule has 3 rings (SSSR count). The van der Waals surface area contributed by atoms with Gasteiger partial charge in [0.1, 0.15) is 5.84 Å². The first kappa shape index (κ1) is 16.1. The monoisotopic (exact) mass is 327 g/mol. The van der Waals surface area contributed by atoms with Crippen LogP contribution in [0.3, 0.4) is 0 Å². The Labute approximate surface area is 139 Å². The topological polar surface area (TPSA) is 99.4 Å². The fourth-order valence-electron chi connectivity index (χ4n) is 2.19. The van der Waals surface area contributed by atoms with Crippen LogP contribution in [0.5, 0.6) is 0 Å². The highest BCUT2D eigenvalue weighted by molar-refractivity contribution is 6.03. The first-order valence-corrected chi connectivity index (χ1v) is 7.45. The number of hydrogen-bond donors (Lipinski definition) is 2. The number of halogens is 1. The number of benzene rings is 1. The lowest BCUT2D eigenvalue weighted by atomic mass is 10.0. The largest absolute Gasteiger partial charge is 0.398 e. The molecule has 7 heteroatoms. The van der Waals surface area contributed by atoms with Gasteiger partial charge in [0.25, 0.3) is 0 Å². The van der Waals surface area contributed by atoms with Crippen LogP contribution in [0.2, 0.25) is 0 Å². The predicted molar refractivity (Wildman–Crippen MR) is 90.1 cm³/mol. The van der Waals surface area contributed by atoms with Crippen molar-refractivity contribution >= 4 is 17.2 Å². The van der Waals surface area contributed by atoms with Crippen LogP contribution in [0.4, 0.5) is 10.1 Å². The molecule has 1 aliphatic rings. The minimum absolute atomic E-state index is 0.0205. The summed E-state index contributed by atoms with van der Waals surface area (Å²) in [5.74, 6) is 0.408. The second-order valence-corrected chi connectivity index (χ2v) is 5.62. The van der Waals surface area contributed by atoms with Crippen LogP contribution in [0, 0.1) is 0 Å². The number of alkyl halides is 1. The van der Waals surface area contributed by atoms with Crippen molar-refractivity contribution in [1.82, 2.24) is 9.97 Å². The van der Waals surface area contributed by atoms with E-state index in [0.717, 1.165) is 5.69 Å². The van der Waals surface area contributed by atoms with Crippen molar-refractivity contribution in [3.8, 4) is 0 Å². The Balaban J connectivity index is 1.85. The smallest absolute Gasteiger partial charge is 0.215 e. The lowest BCUT2D eigenvalue weighted by molar-refractivity contribution is -0.140. The maximum Gasteiger partial charge on any atom is 0.215 e. The first-order chi connectivity index (χ1) is 11.5. The Morgan fingerprint density at radius 1 is 1.17 bits per heavy atom. The Bertz CT molecular complexity index is 782. The quantitative estimate of drug-likeness (QED) is 0.661. The zero-order valence-electron chi connectivity index (χ0n) is 13.2. The molecule has 1 aromatic carbocycles. The first-order valence-electron chi connectivity index (χ1n) is 7.45. The van der Waals surface area contributed by atoms with Crippen LogP contribution in [-0.2, 0) is 10.4 Å². The van der Waals surface area contributed by atoms with Crippen molar-refractivity contribution in [3.63, 3.8) is 0 Å². The third kappa shape index (κ3) is 3.11. The fraction of sp³-hybridized carbons (Fsp3) is 0.235. The molecule has 0 saturated carbocycles. The molecule has 1 aliphatic heterocycles. The molecule has 124 valence electrons. The minimum atomic E-state index is -1.60. The molecule has 6 nitrogen and oxygen atoms in total. The standard InChI is InChI=1S/C17H18FN5O/c1-11(15(20)23-13-5-3-2-4-6-13)14(19)12-7-21-16(22-8-12)17(18)9-24-10-17/h2-8H,9-10,19H2,1H3,(H2,20,23). The van der Waals surface area contributed by atoms with Gasteiger partial charge in [-0.05, 0) is 19.1 Å². The summed E-state index contributed by atoms with van der Waals surface area (Å²) in [6.07, 6.45) is 2.97. The molecule has 2 aromatic rings. The molecular formula is C17H18FN5O. The van der Waals surface area contributed by atoms with E-state index in [2.05, 4.69) is 15.0 Å². The van der Waals surface area contributed by atoms with Crippen LogP contribution >= 0.6 is 0 Å². The van der Waals surface area contributed by atoms with E-state index < -0.39 is 5.67 Å². The molecule has 1 aromatic heterocycles. The average Bonchev–Trinajstić information content (AvgIpc) is 2.59. The third-order valence-electron chi connectivity index (χ3n) is 3.82. The van der Waals surface area contributed by atoms with Crippen molar-refractivity contribution in [1.29, 1.82) is 0 Å². The van der Waals surface area contributed by atoms with Crippen molar-refractivity contribution < 1.29 is 9.13 Å². The lowest BCUT2D eigenvalue weighted by Crippen LogP contribution is -2.44. The average molecular weight is 327 g/mol. The zero-order valence-corrected chi connectivity index (χ0v) is 13.2. The Morgan fingerprint density at radius 3 is 2.33 bits per heavy atom. The van der Waals surface area contributed by atoms with E-state index in [-0.39, 0.29) is 19.0 Å². The van der Waals surface area contributed by atoms with E-state index in [0.29, 0.717) is 22.7 Å². The Morgan fingerprint density at radius 2 is 1.79 bits per heavy atom. The normalized spacial score (nSPS) is 17.8. The van der Waals surface area contributed by atoms with Gasteiger partial charge >= 0.3 is 0 Å². The molecule has 0 aliphatic carbocycles. The number of nitrogens with two attached hydrogens (primary N) is 2. The van der Waals surface area contributed by atoms with Crippen molar-refractivity contribution in [3.05, 3.63) is 59.7 Å². The van der Waals surface area contributed by atoms with Gasteiger partial charge in [-0.3, -0.25) is 0 Å². The van der Waals surface area contributed by atoms with Gasteiger partial charge < -0.3 is 16.2 Å². The van der Waals surface area contributed by atoms with Gasteiger partial charge in [0.15, 0.2) is 5.82 Å². The molecule has 1 fully saturated rings. The third-order valence-corrected chi connectivity index (χ3v) is 3.82. The van der Waals surface area contributed by atoms with Gasteiger partial charge in [-0.2, -0.15) is 0 Å². The zero-order chi connectivity index (χ0) is 17.2. The predicted octanol–water partition coefficient (Wildman–Crippen LogP) is 2.05. The summed E-state index contributed by atoms with van der Waals surface area (Å²) in [6, 6.07) is 9.33. The van der Waals surface area contributed by atoms with E-state index in [1.807, 2.05) is 30.3 Å². The highest BCUT2D eigenvalue weighted by atomic mass is 19.1. The number of para-hydroxylation sites is 1. The molecule has 0 atom stereocenters. The van der Waals surface area contributed by atoms with Crippen LogP contribution in [0.15, 0.2) is 53.3 Å². The van der Waals surface area contributed by atoms with Crippen molar-refractivity contribution in [2.75, 3.05) is 13.2 Å². The SMILES string of the molecule is CC(C(N)=Nc1ccccc1)=C(N)c1cnc(C2(F)COC2)nc1. The van der Waals surface area contributed by atoms with Crippen LogP contribution < -0.4 is 11.5 Å². The minimum Gasteiger partial charge on any atom is -0.398 e. The number of ether oxygens (including phenoxy) is 1. The Hall–Kier alpha value is -2.80. The maximum absolute atomic E-state index is 14.2. The van der Waals surface area contributed by atoms with Gasteiger partial charge in [0, 0.05) is 29.2 Å². The maximum atomic E-state index is 14.2. The summed E-state index contributed by atoms with van der Waals surface area (Å²) < 4.78 is 19.0. The molecule has 0 spiro atoms. The highest BCUT2D eigenvalue weighted by Crippen LogP contribution is 2.31. The summed E-state index contributed by atoms with van der Waals surface area (Å²) >= 11 is 0. The molecule has 0 amide bonds. The van der Waals surface area contributed by atoms with E-state index >= 15 is 0 Å². The summed E-state index contributed by atoms with van der Waals surface area (Å²) in [5.41, 5.74) is 12.8. The van der Waals surface area contributed by atoms with Crippen LogP contribution in [0.25, 0.3) is 5.70 Å². The van der Waals surface area contributed by atoms with E-state index in [4.69, 9.17) is 16.2 Å². The van der Waals surface area contributed by atoms with Crippen LogP contribution in [0.1, 0.15) is 18.3 Å². The Kier molecular flexibility index (Phi) is 4.26. The molecular weight excluding hydrogens is 309 g/mol. The molecule has 2 heterocycles. The molecule has 0 unspecified atom stereocenters. The lowest BCUT2D eigenvalue weighted by Gasteiger charge is -2.31. The summed E-state index contributed by atoms with van der Waals surface area (Å²) in [6.45, 7) is 1.72. The summed E-state index contributed by atoms with van der Waals surface area (Å²) in [5, 5.41) is 0. The van der Waals surface area contributed by atoms with E-state index in [1.165, 1.54) is 12.4 Å². The number of rotatable bonds is 4. The molecule has 0 bridgehead atoms. The van der Waals surface area contributed by atoms with E-state index in [9.17, 15) is 4.39 Å². The number of hydrogen-bond acceptors (Lipinski definition) is 5. The van der Waals surface area contributed by atoms with E-state index in [1.54, 1.807) is 6.92 Å². The number of amidine groups is 1. The van der Waals surface area contributed by atoms with Gasteiger partial charge in [-0.15, -0.1) is 0 Å². The number of nitrogens with zero attached hydrogens (tertiary/aromatic N) is 3. The molecule has 4 N–H and O–H groups in total. The molecule has 24 heavy (non-hydrogen) atoms. The number of aliphatic imine (C=N–C) groups is 1. The summed E-state index contributed by atoms with van der Waals surface area (Å²) in [7, 11) is 0. The second-order valence-electron chi connectivity index (χ2n) is 5.62. The molecule has 0 radical (unpaired) electrons. The summed E-state index contributed by atoms with van der Waals surface area (Å²) in [4.78, 5) is 12.4. The van der Waals surface area contributed by atoms with Gasteiger partial charge in [-0.25, -0.2) is 19.4 Å². The van der Waals surface area contributed by atoms with Crippen molar-refractivity contribution in [2.24, 2.45) is 16.5 Å². The van der Waals surface area contributed by atoms with Crippen LogP contribution in [-0.4, -0.2) is 29.0 Å². The van der Waals surface area contributed by atoms with Gasteiger partial charge in [0.2, 0.25) is 5.67 Å². The molecule has 1 saturated heterocycles. The second kappa shape index (κ2) is 6.37. The van der Waals surface area contributed by atoms with Gasteiger partial charge in [-0.1, -0.05) is 18.2 Å². The fourth-order valence-corrected chi connectivity index (χ4v) is 2.19. The number of aromatic nitrogens is 2. The van der Waals surface area contributed by atoms with Crippen molar-refractivity contribution in [2.45, 2.75) is 12.6 Å². The van der Waals surface area contributed by atoms with Gasteiger partial charge in [0.05, 0.1) is 18.9 Å². The highest BCUT2D eigenvalue weighted by Gasteiger charge is 2.43.